The van der Waals surface area contributed by atoms with Crippen molar-refractivity contribution in [3.05, 3.63) is 29.8 Å². The molecule has 0 saturated carbocycles. The van der Waals surface area contributed by atoms with Crippen molar-refractivity contribution in [2.24, 2.45) is 16.5 Å². The first-order valence-corrected chi connectivity index (χ1v) is 7.25. The van der Waals surface area contributed by atoms with Crippen LogP contribution in [0.1, 0.15) is 18.4 Å². The van der Waals surface area contributed by atoms with E-state index in [1.807, 2.05) is 0 Å². The molecule has 0 aliphatic carbocycles. The Bertz CT molecular complexity index is 667. The summed E-state index contributed by atoms with van der Waals surface area (Å²) in [6.07, 6.45) is 0.230. The molecule has 1 atom stereocenters. The number of aliphatic imine (C=N–C) groups is 1. The van der Waals surface area contributed by atoms with Crippen molar-refractivity contribution >= 4 is 35.8 Å². The molecular formula is C15H19N5O5. The van der Waals surface area contributed by atoms with Gasteiger partial charge in [-0.05, 0) is 17.7 Å². The highest BCUT2D eigenvalue weighted by molar-refractivity contribution is 5.96. The first kappa shape index (κ1) is 19.6. The van der Waals surface area contributed by atoms with Crippen molar-refractivity contribution in [3.63, 3.8) is 0 Å². The molecule has 0 radical (unpaired) electrons. The van der Waals surface area contributed by atoms with E-state index in [1.165, 1.54) is 0 Å². The fraction of sp³-hybridized carbons (Fsp3) is 0.267. The number of hydrogen-bond acceptors (Lipinski definition) is 4. The number of carboxylic acid groups (broad SMARTS) is 1. The van der Waals surface area contributed by atoms with Crippen LogP contribution in [0.2, 0.25) is 0 Å². The van der Waals surface area contributed by atoms with E-state index < -0.39 is 23.8 Å². The molecule has 0 spiro atoms. The Kier molecular flexibility index (Phi) is 7.57. The van der Waals surface area contributed by atoms with Crippen LogP contribution in [-0.4, -0.2) is 41.3 Å². The van der Waals surface area contributed by atoms with Gasteiger partial charge < -0.3 is 27.2 Å². The minimum Gasteiger partial charge on any atom is -0.480 e. The molecule has 0 aromatic heterocycles. The molecule has 0 bridgehead atoms. The summed E-state index contributed by atoms with van der Waals surface area (Å²) >= 11 is 0. The number of nitrogens with zero attached hydrogens (tertiary/aromatic N) is 1. The monoisotopic (exact) mass is 349 g/mol. The molecule has 10 heteroatoms. The average molecular weight is 349 g/mol. The number of guanidine groups is 1. The number of carbonyl (C=O) groups excluding carboxylic acids is 3. The van der Waals surface area contributed by atoms with Gasteiger partial charge >= 0.3 is 5.97 Å². The van der Waals surface area contributed by atoms with Crippen molar-refractivity contribution in [3.8, 4) is 0 Å². The zero-order chi connectivity index (χ0) is 18.8. The van der Waals surface area contributed by atoms with Crippen LogP contribution < -0.4 is 22.1 Å². The number of hydrogen-bond donors (Lipinski definition) is 5. The van der Waals surface area contributed by atoms with Gasteiger partial charge in [0.15, 0.2) is 5.96 Å². The van der Waals surface area contributed by atoms with Crippen LogP contribution in [-0.2, 0) is 25.6 Å². The Morgan fingerprint density at radius 1 is 1.16 bits per heavy atom. The zero-order valence-electron chi connectivity index (χ0n) is 13.3. The van der Waals surface area contributed by atoms with Gasteiger partial charge in [-0.3, -0.25) is 14.4 Å². The summed E-state index contributed by atoms with van der Waals surface area (Å²) in [6.45, 7) is 0. The van der Waals surface area contributed by atoms with Gasteiger partial charge in [0.05, 0.1) is 0 Å². The van der Waals surface area contributed by atoms with Crippen molar-refractivity contribution in [1.82, 2.24) is 5.32 Å². The van der Waals surface area contributed by atoms with Gasteiger partial charge in [-0.15, -0.1) is 0 Å². The molecule has 25 heavy (non-hydrogen) atoms. The van der Waals surface area contributed by atoms with Crippen molar-refractivity contribution in [1.29, 1.82) is 0 Å². The number of aliphatic carboxylic acids is 1. The van der Waals surface area contributed by atoms with Gasteiger partial charge in [0.1, 0.15) is 6.04 Å². The van der Waals surface area contributed by atoms with E-state index in [9.17, 15) is 19.2 Å². The van der Waals surface area contributed by atoms with Crippen molar-refractivity contribution < 1.29 is 24.3 Å². The third-order valence-electron chi connectivity index (χ3n) is 3.06. The zero-order valence-corrected chi connectivity index (χ0v) is 13.3. The maximum Gasteiger partial charge on any atom is 0.326 e. The predicted octanol–water partition coefficient (Wildman–Crippen LogP) is -1.05. The van der Waals surface area contributed by atoms with E-state index in [0.29, 0.717) is 17.7 Å². The lowest BCUT2D eigenvalue weighted by Gasteiger charge is -2.11. The molecule has 0 unspecified atom stereocenters. The molecule has 10 nitrogen and oxygen atoms in total. The van der Waals surface area contributed by atoms with Gasteiger partial charge in [0.2, 0.25) is 18.2 Å². The van der Waals surface area contributed by atoms with Crippen LogP contribution in [0.5, 0.6) is 0 Å². The quantitative estimate of drug-likeness (QED) is 0.214. The lowest BCUT2D eigenvalue weighted by molar-refractivity contribution is -0.140. The smallest absolute Gasteiger partial charge is 0.326 e. The number of carbonyl (C=O) groups is 4. The van der Waals surface area contributed by atoms with E-state index >= 15 is 0 Å². The number of nitrogens with two attached hydrogens (primary N) is 2. The molecule has 0 aliphatic heterocycles. The highest BCUT2D eigenvalue weighted by Crippen LogP contribution is 2.12. The second kappa shape index (κ2) is 9.65. The summed E-state index contributed by atoms with van der Waals surface area (Å²) < 4.78 is 0. The average Bonchev–Trinajstić information content (AvgIpc) is 2.53. The van der Waals surface area contributed by atoms with E-state index in [2.05, 4.69) is 15.6 Å². The number of amides is 3. The molecule has 0 aliphatic rings. The fourth-order valence-electron chi connectivity index (χ4n) is 1.90. The van der Waals surface area contributed by atoms with E-state index in [4.69, 9.17) is 16.6 Å². The summed E-state index contributed by atoms with van der Waals surface area (Å²) in [4.78, 5) is 47.7. The minimum absolute atomic E-state index is 0.0816. The van der Waals surface area contributed by atoms with Gasteiger partial charge in [-0.2, -0.15) is 4.99 Å². The number of anilines is 1. The minimum atomic E-state index is -1.14. The molecule has 3 amide bonds. The molecule has 134 valence electrons. The van der Waals surface area contributed by atoms with Crippen LogP contribution in [0.25, 0.3) is 0 Å². The molecule has 1 rings (SSSR count). The number of benzene rings is 1. The molecule has 0 heterocycles. The van der Waals surface area contributed by atoms with Crippen LogP contribution in [0.4, 0.5) is 5.69 Å². The standard InChI is InChI=1S/C15H19N5O5/c16-15(17)20-13(23)6-5-12(22)19-10-3-1-9(2-4-10)7-11(14(24)25)18-8-21/h1-4,8,11H,5-7H2,(H,18,21)(H,19,22)(H,24,25)(H4,16,17,20,23)/t11-/m0/s1. The summed E-state index contributed by atoms with van der Waals surface area (Å²) in [5.74, 6) is -2.48. The predicted molar refractivity (Wildman–Crippen MR) is 89.5 cm³/mol. The fourth-order valence-corrected chi connectivity index (χ4v) is 1.90. The highest BCUT2D eigenvalue weighted by atomic mass is 16.4. The van der Waals surface area contributed by atoms with Gasteiger partial charge in [0.25, 0.3) is 0 Å². The molecule has 1 aromatic rings. The third-order valence-corrected chi connectivity index (χ3v) is 3.06. The van der Waals surface area contributed by atoms with Crippen molar-refractivity contribution in [2.75, 3.05) is 5.32 Å². The van der Waals surface area contributed by atoms with E-state index in [-0.39, 0.29) is 25.2 Å². The second-order valence-electron chi connectivity index (χ2n) is 5.05. The number of carboxylic acids is 1. The maximum absolute atomic E-state index is 11.7. The largest absolute Gasteiger partial charge is 0.480 e. The lowest BCUT2D eigenvalue weighted by Crippen LogP contribution is -2.37. The summed E-state index contributed by atoms with van der Waals surface area (Å²) in [7, 11) is 0. The van der Waals surface area contributed by atoms with Crippen LogP contribution in [0.3, 0.4) is 0 Å². The third kappa shape index (κ3) is 7.59. The van der Waals surface area contributed by atoms with E-state index in [1.54, 1.807) is 24.3 Å². The molecule has 1 aromatic carbocycles. The SMILES string of the molecule is NC(N)=NC(=O)CCC(=O)Nc1ccc(C[C@H](NC=O)C(=O)O)cc1. The van der Waals surface area contributed by atoms with Crippen molar-refractivity contribution in [2.45, 2.75) is 25.3 Å². The van der Waals surface area contributed by atoms with Crippen LogP contribution >= 0.6 is 0 Å². The maximum atomic E-state index is 11.7. The first-order chi connectivity index (χ1) is 11.8. The number of rotatable bonds is 9. The van der Waals surface area contributed by atoms with Gasteiger partial charge in [-0.25, -0.2) is 4.79 Å². The molecule has 0 fully saturated rings. The van der Waals surface area contributed by atoms with Gasteiger partial charge in [-0.1, -0.05) is 12.1 Å². The van der Waals surface area contributed by atoms with E-state index in [0.717, 1.165) is 0 Å². The van der Waals surface area contributed by atoms with Crippen LogP contribution in [0.15, 0.2) is 29.3 Å². The Hall–Kier alpha value is -3.43. The second-order valence-corrected chi connectivity index (χ2v) is 5.05. The normalized spacial score (nSPS) is 11.0. The summed E-state index contributed by atoms with van der Waals surface area (Å²) in [6, 6.07) is 5.40. The molecule has 0 saturated heterocycles. The highest BCUT2D eigenvalue weighted by Gasteiger charge is 2.16. The first-order valence-electron chi connectivity index (χ1n) is 7.25. The Labute approximate surface area is 143 Å². The van der Waals surface area contributed by atoms with Gasteiger partial charge in [0, 0.05) is 24.9 Å². The molecule has 7 N–H and O–H groups in total. The van der Waals surface area contributed by atoms with Crippen LogP contribution in [0, 0.1) is 0 Å². The Morgan fingerprint density at radius 2 is 1.80 bits per heavy atom. The number of nitrogens with one attached hydrogen (secondary N) is 2. The lowest BCUT2D eigenvalue weighted by atomic mass is 10.1. The topological polar surface area (TPSA) is 177 Å². The molecular weight excluding hydrogens is 330 g/mol. The summed E-state index contributed by atoms with van der Waals surface area (Å²) in [5.41, 5.74) is 11.3. The summed E-state index contributed by atoms with van der Waals surface area (Å²) in [5, 5.41) is 13.8. The Morgan fingerprint density at radius 3 is 2.32 bits per heavy atom. The Balaban J connectivity index is 2.54.